The minimum absolute atomic E-state index is 0.660. The molecule has 5 heteroatoms. The lowest BCUT2D eigenvalue weighted by molar-refractivity contribution is 0.953. The van der Waals surface area contributed by atoms with Crippen LogP contribution in [-0.4, -0.2) is 16.5 Å². The van der Waals surface area contributed by atoms with Crippen LogP contribution in [0.5, 0.6) is 0 Å². The third kappa shape index (κ3) is 3.83. The third-order valence-corrected chi connectivity index (χ3v) is 2.96. The first kappa shape index (κ1) is 13.1. The van der Waals surface area contributed by atoms with Crippen molar-refractivity contribution in [1.82, 2.24) is 9.97 Å². The Bertz CT molecular complexity index is 516. The van der Waals surface area contributed by atoms with E-state index >= 15 is 0 Å². The van der Waals surface area contributed by atoms with Crippen molar-refractivity contribution in [2.45, 2.75) is 13.3 Å². The third-order valence-electron chi connectivity index (χ3n) is 2.29. The zero-order valence-electron chi connectivity index (χ0n) is 10.2. The zero-order chi connectivity index (χ0) is 12.8. The molecule has 0 saturated heterocycles. The molecule has 0 amide bonds. The zero-order valence-corrected chi connectivity index (χ0v) is 12.3. The van der Waals surface area contributed by atoms with Gasteiger partial charge in [-0.15, -0.1) is 0 Å². The fraction of sp³-hybridized carbons (Fsp3) is 0.231. The van der Waals surface area contributed by atoms with Gasteiger partial charge in [0.25, 0.3) is 0 Å². The second-order valence-corrected chi connectivity index (χ2v) is 5.07. The summed E-state index contributed by atoms with van der Waals surface area (Å²) in [5.74, 6) is 1.46. The van der Waals surface area contributed by atoms with Crippen LogP contribution in [0, 0.1) is 3.57 Å². The summed E-state index contributed by atoms with van der Waals surface area (Å²) in [6.07, 6.45) is 2.80. The van der Waals surface area contributed by atoms with Gasteiger partial charge >= 0.3 is 0 Å². The van der Waals surface area contributed by atoms with Crippen molar-refractivity contribution in [2.24, 2.45) is 0 Å². The lowest BCUT2D eigenvalue weighted by Gasteiger charge is -2.08. The average Bonchev–Trinajstić information content (AvgIpc) is 2.37. The maximum Gasteiger partial charge on any atom is 0.224 e. The molecular formula is C13H15IN4. The van der Waals surface area contributed by atoms with Crippen LogP contribution >= 0.6 is 22.6 Å². The summed E-state index contributed by atoms with van der Waals surface area (Å²) in [4.78, 5) is 8.57. The molecule has 0 aliphatic carbocycles. The topological polar surface area (TPSA) is 49.8 Å². The maximum absolute atomic E-state index is 4.40. The minimum atomic E-state index is 0.660. The van der Waals surface area contributed by atoms with Gasteiger partial charge in [0.05, 0.1) is 0 Å². The maximum atomic E-state index is 4.40. The number of hydrogen-bond acceptors (Lipinski definition) is 4. The first-order chi connectivity index (χ1) is 8.78. The smallest absolute Gasteiger partial charge is 0.224 e. The van der Waals surface area contributed by atoms with Crippen LogP contribution in [0.4, 0.5) is 17.5 Å². The van der Waals surface area contributed by atoms with Crippen LogP contribution in [0.15, 0.2) is 36.5 Å². The predicted octanol–water partition coefficient (Wildman–Crippen LogP) is 3.65. The Hall–Kier alpha value is -1.37. The van der Waals surface area contributed by atoms with Gasteiger partial charge in [-0.1, -0.05) is 13.0 Å². The van der Waals surface area contributed by atoms with E-state index in [1.54, 1.807) is 6.20 Å². The first-order valence-electron chi connectivity index (χ1n) is 5.87. The van der Waals surface area contributed by atoms with Crippen LogP contribution in [0.2, 0.25) is 0 Å². The Morgan fingerprint density at radius 2 is 2.17 bits per heavy atom. The molecule has 0 bridgehead atoms. The fourth-order valence-corrected chi connectivity index (χ4v) is 2.01. The van der Waals surface area contributed by atoms with E-state index in [0.29, 0.717) is 5.95 Å². The quantitative estimate of drug-likeness (QED) is 0.805. The molecule has 4 nitrogen and oxygen atoms in total. The van der Waals surface area contributed by atoms with Gasteiger partial charge in [-0.25, -0.2) is 4.98 Å². The lowest BCUT2D eigenvalue weighted by Crippen LogP contribution is -2.05. The van der Waals surface area contributed by atoms with E-state index in [-0.39, 0.29) is 0 Å². The average molecular weight is 354 g/mol. The number of benzene rings is 1. The van der Waals surface area contributed by atoms with Gasteiger partial charge in [0, 0.05) is 22.0 Å². The Morgan fingerprint density at radius 1 is 1.28 bits per heavy atom. The van der Waals surface area contributed by atoms with Gasteiger partial charge < -0.3 is 10.6 Å². The molecule has 0 radical (unpaired) electrons. The number of halogens is 1. The summed E-state index contributed by atoms with van der Waals surface area (Å²) < 4.78 is 1.19. The second kappa shape index (κ2) is 6.53. The van der Waals surface area contributed by atoms with Gasteiger partial charge in [-0.05, 0) is 53.3 Å². The molecule has 0 spiro atoms. The van der Waals surface area contributed by atoms with Crippen molar-refractivity contribution in [2.75, 3.05) is 17.2 Å². The Balaban J connectivity index is 2.09. The van der Waals surface area contributed by atoms with Gasteiger partial charge in [0.15, 0.2) is 0 Å². The van der Waals surface area contributed by atoms with Crippen LogP contribution in [0.25, 0.3) is 0 Å². The number of nitrogens with zero attached hydrogens (tertiary/aromatic N) is 2. The predicted molar refractivity (Wildman–Crippen MR) is 83.3 cm³/mol. The Kier molecular flexibility index (Phi) is 4.74. The van der Waals surface area contributed by atoms with E-state index in [4.69, 9.17) is 0 Å². The normalized spacial score (nSPS) is 10.1. The summed E-state index contributed by atoms with van der Waals surface area (Å²) in [7, 11) is 0. The van der Waals surface area contributed by atoms with Crippen molar-refractivity contribution < 1.29 is 0 Å². The van der Waals surface area contributed by atoms with E-state index in [9.17, 15) is 0 Å². The molecule has 0 unspecified atom stereocenters. The van der Waals surface area contributed by atoms with Crippen LogP contribution in [-0.2, 0) is 0 Å². The highest BCUT2D eigenvalue weighted by atomic mass is 127. The molecule has 2 rings (SSSR count). The lowest BCUT2D eigenvalue weighted by atomic mass is 10.3. The summed E-state index contributed by atoms with van der Waals surface area (Å²) in [5.41, 5.74) is 1.03. The van der Waals surface area contributed by atoms with E-state index in [1.807, 2.05) is 18.2 Å². The summed E-state index contributed by atoms with van der Waals surface area (Å²) in [6.45, 7) is 2.99. The number of aromatic nitrogens is 2. The molecule has 0 saturated carbocycles. The van der Waals surface area contributed by atoms with E-state index < -0.39 is 0 Å². The molecule has 1 aromatic carbocycles. The molecule has 1 heterocycles. The monoisotopic (exact) mass is 354 g/mol. The van der Waals surface area contributed by atoms with Crippen molar-refractivity contribution in [3.05, 3.63) is 40.1 Å². The summed E-state index contributed by atoms with van der Waals surface area (Å²) in [5, 5.41) is 6.43. The van der Waals surface area contributed by atoms with Crippen LogP contribution in [0.3, 0.4) is 0 Å². The second-order valence-electron chi connectivity index (χ2n) is 3.83. The summed E-state index contributed by atoms with van der Waals surface area (Å²) in [6, 6.07) is 10.0. The van der Waals surface area contributed by atoms with E-state index in [2.05, 4.69) is 62.2 Å². The highest BCUT2D eigenvalue weighted by Crippen LogP contribution is 2.17. The highest BCUT2D eigenvalue weighted by molar-refractivity contribution is 14.1. The van der Waals surface area contributed by atoms with Gasteiger partial charge in [-0.2, -0.15) is 4.98 Å². The molecule has 0 aliphatic rings. The van der Waals surface area contributed by atoms with Crippen molar-refractivity contribution in [1.29, 1.82) is 0 Å². The fourth-order valence-electron chi connectivity index (χ4n) is 1.46. The number of hydrogen-bond donors (Lipinski definition) is 2. The van der Waals surface area contributed by atoms with E-state index in [0.717, 1.165) is 24.5 Å². The summed E-state index contributed by atoms with van der Waals surface area (Å²) >= 11 is 2.29. The van der Waals surface area contributed by atoms with Crippen LogP contribution < -0.4 is 10.6 Å². The number of rotatable bonds is 5. The molecule has 0 fully saturated rings. The molecule has 1 aromatic heterocycles. The molecule has 0 atom stereocenters. The van der Waals surface area contributed by atoms with Gasteiger partial charge in [0.1, 0.15) is 5.82 Å². The Morgan fingerprint density at radius 3 is 2.94 bits per heavy atom. The minimum Gasteiger partial charge on any atom is -0.354 e. The molecule has 18 heavy (non-hydrogen) atoms. The Labute approximate surface area is 120 Å². The standard InChI is InChI=1S/C13H15IN4/c1-2-7-15-13-16-8-6-12(18-13)17-11-5-3-4-10(14)9-11/h3-6,8-9H,2,7H2,1H3,(H2,15,16,17,18). The van der Waals surface area contributed by atoms with Gasteiger partial charge in [0.2, 0.25) is 5.95 Å². The molecule has 94 valence electrons. The van der Waals surface area contributed by atoms with Crippen LogP contribution in [0.1, 0.15) is 13.3 Å². The SMILES string of the molecule is CCCNc1nccc(Nc2cccc(I)c2)n1. The highest BCUT2D eigenvalue weighted by Gasteiger charge is 1.99. The number of nitrogens with one attached hydrogen (secondary N) is 2. The first-order valence-corrected chi connectivity index (χ1v) is 6.95. The van der Waals surface area contributed by atoms with Crippen molar-refractivity contribution in [3.63, 3.8) is 0 Å². The van der Waals surface area contributed by atoms with Gasteiger partial charge in [-0.3, -0.25) is 0 Å². The molecular weight excluding hydrogens is 339 g/mol. The van der Waals surface area contributed by atoms with Crippen molar-refractivity contribution in [3.8, 4) is 0 Å². The largest absolute Gasteiger partial charge is 0.354 e. The van der Waals surface area contributed by atoms with Crippen molar-refractivity contribution >= 4 is 40.0 Å². The molecule has 2 N–H and O–H groups in total. The molecule has 0 aliphatic heterocycles. The van der Waals surface area contributed by atoms with E-state index in [1.165, 1.54) is 3.57 Å². The number of anilines is 3. The molecule has 2 aromatic rings.